The zero-order chi connectivity index (χ0) is 18.0. The summed E-state index contributed by atoms with van der Waals surface area (Å²) in [5.74, 6) is -1.20. The Hall–Kier alpha value is -2.35. The van der Waals surface area contributed by atoms with Crippen molar-refractivity contribution < 1.29 is 21.6 Å². The summed E-state index contributed by atoms with van der Waals surface area (Å²) >= 11 is 0. The van der Waals surface area contributed by atoms with Gasteiger partial charge in [-0.2, -0.15) is 13.2 Å². The number of hydrogen-bond acceptors (Lipinski definition) is 3. The lowest BCUT2D eigenvalue weighted by molar-refractivity contribution is -0.0981. The van der Waals surface area contributed by atoms with Gasteiger partial charge >= 0.3 is 6.18 Å². The maximum Gasteiger partial charge on any atom is 0.413 e. The molecular weight excluding hydrogens is 353 g/mol. The first kappa shape index (κ1) is 16.1. The third kappa shape index (κ3) is 2.35. The lowest BCUT2D eigenvalue weighted by Gasteiger charge is -2.36. The lowest BCUT2D eigenvalue weighted by Crippen LogP contribution is -2.42. The van der Waals surface area contributed by atoms with Gasteiger partial charge in [-0.3, -0.25) is 9.71 Å². The highest BCUT2D eigenvalue weighted by molar-refractivity contribution is 7.94. The number of hydrogen-bond donors (Lipinski definition) is 1. The lowest BCUT2D eigenvalue weighted by atomic mass is 9.83. The molecule has 2 aromatic rings. The van der Waals surface area contributed by atoms with Crippen LogP contribution >= 0.6 is 0 Å². The van der Waals surface area contributed by atoms with Crippen LogP contribution in [0.15, 0.2) is 48.2 Å². The second-order valence-electron chi connectivity index (χ2n) is 6.16. The summed E-state index contributed by atoms with van der Waals surface area (Å²) in [5, 5.41) is -0.541. The van der Waals surface area contributed by atoms with E-state index in [0.717, 1.165) is 11.5 Å². The van der Waals surface area contributed by atoms with Crippen LogP contribution in [0.3, 0.4) is 0 Å². The number of anilines is 1. The number of nitrogens with zero attached hydrogens (tertiary/aromatic N) is 1. The average Bonchev–Trinajstić information content (AvgIpc) is 2.53. The van der Waals surface area contributed by atoms with Crippen molar-refractivity contribution in [3.63, 3.8) is 0 Å². The Labute approximate surface area is 142 Å². The van der Waals surface area contributed by atoms with Gasteiger partial charge in [0, 0.05) is 28.6 Å². The second-order valence-corrected chi connectivity index (χ2v) is 7.96. The summed E-state index contributed by atoms with van der Waals surface area (Å²) in [7, 11) is -4.03. The Kier molecular flexibility index (Phi) is 3.28. The SMILES string of the molecule is CC1C(C(F)(F)F)=CC=C2c3ccc4cccnc4c3NS(=O)(=O)C21. The Balaban J connectivity index is 2.01. The van der Waals surface area contributed by atoms with E-state index in [0.29, 0.717) is 22.3 Å². The number of rotatable bonds is 0. The van der Waals surface area contributed by atoms with E-state index in [1.807, 2.05) is 0 Å². The molecule has 0 bridgehead atoms. The zero-order valence-corrected chi connectivity index (χ0v) is 13.8. The van der Waals surface area contributed by atoms with Crippen LogP contribution in [0.5, 0.6) is 0 Å². The molecule has 25 heavy (non-hydrogen) atoms. The summed E-state index contributed by atoms with van der Waals surface area (Å²) in [5.41, 5.74) is 0.879. The van der Waals surface area contributed by atoms with Crippen molar-refractivity contribution in [1.29, 1.82) is 0 Å². The van der Waals surface area contributed by atoms with Crippen LogP contribution in [-0.2, 0) is 10.0 Å². The van der Waals surface area contributed by atoms with Crippen LogP contribution in [-0.4, -0.2) is 24.8 Å². The Morgan fingerprint density at radius 2 is 1.92 bits per heavy atom. The van der Waals surface area contributed by atoms with Gasteiger partial charge in [0.15, 0.2) is 0 Å². The molecule has 0 fully saturated rings. The fourth-order valence-electron chi connectivity index (χ4n) is 3.58. The second kappa shape index (κ2) is 5.08. The minimum absolute atomic E-state index is 0.316. The van der Waals surface area contributed by atoms with E-state index in [9.17, 15) is 21.6 Å². The van der Waals surface area contributed by atoms with Gasteiger partial charge in [-0.25, -0.2) is 8.42 Å². The molecule has 130 valence electrons. The predicted octanol–water partition coefficient (Wildman–Crippen LogP) is 3.88. The van der Waals surface area contributed by atoms with Gasteiger partial charge in [-0.15, -0.1) is 0 Å². The van der Waals surface area contributed by atoms with Gasteiger partial charge < -0.3 is 0 Å². The normalized spacial score (nSPS) is 24.6. The molecule has 4 nitrogen and oxygen atoms in total. The van der Waals surface area contributed by atoms with E-state index in [1.54, 1.807) is 30.5 Å². The quantitative estimate of drug-likeness (QED) is 0.770. The summed E-state index contributed by atoms with van der Waals surface area (Å²) in [6, 6.07) is 7.03. The molecule has 0 spiro atoms. The van der Waals surface area contributed by atoms with Crippen LogP contribution in [0.4, 0.5) is 18.9 Å². The van der Waals surface area contributed by atoms with Gasteiger partial charge in [0.05, 0.1) is 11.2 Å². The van der Waals surface area contributed by atoms with Crippen LogP contribution < -0.4 is 4.72 Å². The molecule has 0 amide bonds. The zero-order valence-electron chi connectivity index (χ0n) is 13.0. The number of aromatic nitrogens is 1. The third-order valence-electron chi connectivity index (χ3n) is 4.69. The van der Waals surface area contributed by atoms with Crippen molar-refractivity contribution in [3.05, 3.63) is 53.8 Å². The Morgan fingerprint density at radius 1 is 1.16 bits per heavy atom. The van der Waals surface area contributed by atoms with Gasteiger partial charge in [0.1, 0.15) is 5.25 Å². The molecule has 2 aliphatic rings. The van der Waals surface area contributed by atoms with E-state index < -0.39 is 32.9 Å². The number of benzene rings is 1. The molecule has 0 saturated carbocycles. The number of fused-ring (bicyclic) bond motifs is 5. The molecule has 1 aliphatic heterocycles. The van der Waals surface area contributed by atoms with E-state index >= 15 is 0 Å². The van der Waals surface area contributed by atoms with Gasteiger partial charge in [0.2, 0.25) is 10.0 Å². The molecule has 2 atom stereocenters. The van der Waals surface area contributed by atoms with Gasteiger partial charge in [-0.05, 0) is 11.6 Å². The molecular formula is C17H13F3N2O2S. The number of alkyl halides is 3. The van der Waals surface area contributed by atoms with Crippen molar-refractivity contribution in [3.8, 4) is 0 Å². The number of sulfonamides is 1. The first-order valence-corrected chi connectivity index (χ1v) is 9.13. The van der Waals surface area contributed by atoms with E-state index in [2.05, 4.69) is 9.71 Å². The fraction of sp³-hybridized carbons (Fsp3) is 0.235. The average molecular weight is 366 g/mol. The molecule has 1 N–H and O–H groups in total. The molecule has 1 aromatic heterocycles. The molecule has 1 aromatic carbocycles. The first-order chi connectivity index (χ1) is 11.7. The highest BCUT2D eigenvalue weighted by atomic mass is 32.2. The molecule has 1 aliphatic carbocycles. The predicted molar refractivity (Wildman–Crippen MR) is 89.4 cm³/mol. The smallest absolute Gasteiger partial charge is 0.280 e. The number of pyridine rings is 1. The van der Waals surface area contributed by atoms with Crippen LogP contribution in [0.1, 0.15) is 12.5 Å². The maximum atomic E-state index is 13.2. The summed E-state index contributed by atoms with van der Waals surface area (Å²) in [6.45, 7) is 1.29. The highest BCUT2D eigenvalue weighted by Gasteiger charge is 2.49. The summed E-state index contributed by atoms with van der Waals surface area (Å²) < 4.78 is 67.5. The van der Waals surface area contributed by atoms with Crippen molar-refractivity contribution in [2.75, 3.05) is 4.72 Å². The molecule has 2 heterocycles. The Bertz CT molecular complexity index is 1060. The number of nitrogens with one attached hydrogen (secondary N) is 1. The maximum absolute atomic E-state index is 13.2. The minimum Gasteiger partial charge on any atom is -0.280 e. The molecule has 0 radical (unpaired) electrons. The van der Waals surface area contributed by atoms with Crippen LogP contribution in [0.2, 0.25) is 0 Å². The van der Waals surface area contributed by atoms with Crippen molar-refractivity contribution in [2.45, 2.75) is 18.3 Å². The molecule has 4 rings (SSSR count). The van der Waals surface area contributed by atoms with Crippen LogP contribution in [0, 0.1) is 5.92 Å². The molecule has 8 heteroatoms. The molecule has 0 saturated heterocycles. The van der Waals surface area contributed by atoms with E-state index in [-0.39, 0.29) is 0 Å². The van der Waals surface area contributed by atoms with E-state index in [1.165, 1.54) is 13.0 Å². The molecule has 2 unspecified atom stereocenters. The largest absolute Gasteiger partial charge is 0.413 e. The summed E-state index contributed by atoms with van der Waals surface area (Å²) in [6.07, 6.45) is -0.784. The minimum atomic E-state index is -4.57. The van der Waals surface area contributed by atoms with Crippen molar-refractivity contribution >= 4 is 32.2 Å². The topological polar surface area (TPSA) is 59.1 Å². The van der Waals surface area contributed by atoms with Crippen molar-refractivity contribution in [2.24, 2.45) is 5.92 Å². The summed E-state index contributed by atoms with van der Waals surface area (Å²) in [4.78, 5) is 4.22. The van der Waals surface area contributed by atoms with Gasteiger partial charge in [0.25, 0.3) is 0 Å². The third-order valence-corrected chi connectivity index (χ3v) is 6.50. The standard InChI is InChI=1S/C17H13F3N2O2S/c1-9-13(17(18,19)20)7-6-12-11-5-4-10-3-2-8-21-14(10)15(11)22-25(23,24)16(9)12/h2-9,16,22H,1H3. The monoisotopic (exact) mass is 366 g/mol. The number of allylic oxidation sites excluding steroid dienone is 3. The number of halogens is 3. The van der Waals surface area contributed by atoms with Gasteiger partial charge in [-0.1, -0.05) is 37.3 Å². The Morgan fingerprint density at radius 3 is 2.64 bits per heavy atom. The fourth-order valence-corrected chi connectivity index (χ4v) is 5.43. The van der Waals surface area contributed by atoms with E-state index in [4.69, 9.17) is 0 Å². The highest BCUT2D eigenvalue weighted by Crippen LogP contribution is 2.48. The first-order valence-electron chi connectivity index (χ1n) is 7.59. The van der Waals surface area contributed by atoms with Crippen molar-refractivity contribution in [1.82, 2.24) is 4.98 Å². The van der Waals surface area contributed by atoms with Crippen LogP contribution in [0.25, 0.3) is 16.5 Å².